The van der Waals surface area contributed by atoms with Gasteiger partial charge in [0.1, 0.15) is 0 Å². The van der Waals surface area contributed by atoms with Gasteiger partial charge >= 0.3 is 0 Å². The summed E-state index contributed by atoms with van der Waals surface area (Å²) in [5.41, 5.74) is 0.923. The normalized spacial score (nSPS) is 13.8. The van der Waals surface area contributed by atoms with Gasteiger partial charge in [-0.25, -0.2) is 8.42 Å². The van der Waals surface area contributed by atoms with Crippen molar-refractivity contribution in [3.05, 3.63) is 30.1 Å². The molecule has 0 aromatic carbocycles. The van der Waals surface area contributed by atoms with Gasteiger partial charge < -0.3 is 5.32 Å². The molecular formula is C13H22N2O2S. The molecule has 1 aromatic heterocycles. The molecule has 0 radical (unpaired) electrons. The maximum atomic E-state index is 11.9. The highest BCUT2D eigenvalue weighted by Gasteiger charge is 2.22. The van der Waals surface area contributed by atoms with Crippen molar-refractivity contribution >= 4 is 9.84 Å². The molecule has 0 aliphatic rings. The first-order valence-corrected chi connectivity index (χ1v) is 7.97. The highest BCUT2D eigenvalue weighted by atomic mass is 32.2. The van der Waals surface area contributed by atoms with Gasteiger partial charge in [0.15, 0.2) is 9.84 Å². The number of hydrogen-bond acceptors (Lipinski definition) is 4. The minimum Gasteiger partial charge on any atom is -0.310 e. The van der Waals surface area contributed by atoms with Crippen molar-refractivity contribution in [1.29, 1.82) is 0 Å². The fourth-order valence-corrected chi connectivity index (χ4v) is 3.16. The Balaban J connectivity index is 2.34. The van der Waals surface area contributed by atoms with Crippen molar-refractivity contribution < 1.29 is 8.42 Å². The third-order valence-corrected chi connectivity index (χ3v) is 5.55. The van der Waals surface area contributed by atoms with Gasteiger partial charge in [0.05, 0.1) is 16.7 Å². The molecule has 0 aliphatic heterocycles. The Hall–Kier alpha value is -0.940. The Morgan fingerprint density at radius 1 is 1.28 bits per heavy atom. The number of pyridine rings is 1. The summed E-state index contributed by atoms with van der Waals surface area (Å²) in [5.74, 6) is 0.338. The van der Waals surface area contributed by atoms with Crippen LogP contribution in [0.25, 0.3) is 0 Å². The molecule has 5 heteroatoms. The molecule has 0 saturated carbocycles. The van der Waals surface area contributed by atoms with Crippen LogP contribution < -0.4 is 5.32 Å². The molecule has 0 spiro atoms. The molecule has 4 nitrogen and oxygen atoms in total. The predicted molar refractivity (Wildman–Crippen MR) is 74.0 cm³/mol. The second-order valence-corrected chi connectivity index (χ2v) is 7.29. The first kappa shape index (κ1) is 15.1. The molecular weight excluding hydrogens is 248 g/mol. The zero-order valence-corrected chi connectivity index (χ0v) is 12.1. The topological polar surface area (TPSA) is 59.1 Å². The summed E-state index contributed by atoms with van der Waals surface area (Å²) in [6, 6.07) is 5.69. The maximum Gasteiger partial charge on any atom is 0.154 e. The number of sulfone groups is 1. The lowest BCUT2D eigenvalue weighted by Crippen LogP contribution is -2.31. The van der Waals surface area contributed by atoms with Crippen molar-refractivity contribution in [2.45, 2.75) is 32.6 Å². The summed E-state index contributed by atoms with van der Waals surface area (Å²) < 4.78 is 23.9. The van der Waals surface area contributed by atoms with Crippen LogP contribution in [0, 0.1) is 5.92 Å². The van der Waals surface area contributed by atoms with E-state index in [0.29, 0.717) is 13.1 Å². The van der Waals surface area contributed by atoms with Crippen molar-refractivity contribution in [2.75, 3.05) is 12.3 Å². The van der Waals surface area contributed by atoms with Crippen LogP contribution in [0.5, 0.6) is 0 Å². The molecule has 18 heavy (non-hydrogen) atoms. The second-order valence-electron chi connectivity index (χ2n) is 4.81. The van der Waals surface area contributed by atoms with Gasteiger partial charge in [-0.1, -0.05) is 19.9 Å². The molecule has 0 fully saturated rings. The Morgan fingerprint density at radius 3 is 2.56 bits per heavy atom. The highest BCUT2D eigenvalue weighted by molar-refractivity contribution is 7.92. The molecule has 0 bridgehead atoms. The zero-order chi connectivity index (χ0) is 13.6. The summed E-state index contributed by atoms with van der Waals surface area (Å²) in [5, 5.41) is 2.83. The van der Waals surface area contributed by atoms with E-state index in [-0.39, 0.29) is 16.9 Å². The lowest BCUT2D eigenvalue weighted by atomic mass is 10.2. The number of aromatic nitrogens is 1. The third kappa shape index (κ3) is 4.74. The summed E-state index contributed by atoms with van der Waals surface area (Å²) in [7, 11) is -3.00. The quantitative estimate of drug-likeness (QED) is 0.765. The molecule has 0 saturated heterocycles. The van der Waals surface area contributed by atoms with Crippen LogP contribution in [0.4, 0.5) is 0 Å². The fourth-order valence-electron chi connectivity index (χ4n) is 1.53. The monoisotopic (exact) mass is 270 g/mol. The van der Waals surface area contributed by atoms with E-state index in [2.05, 4.69) is 10.3 Å². The van der Waals surface area contributed by atoms with Crippen LogP contribution in [0.3, 0.4) is 0 Å². The van der Waals surface area contributed by atoms with E-state index < -0.39 is 9.84 Å². The van der Waals surface area contributed by atoms with Gasteiger partial charge in [-0.05, 0) is 25.0 Å². The molecule has 102 valence electrons. The van der Waals surface area contributed by atoms with Crippen LogP contribution in [0.15, 0.2) is 24.4 Å². The van der Waals surface area contributed by atoms with E-state index in [4.69, 9.17) is 0 Å². The Bertz CT molecular complexity index is 443. The standard InChI is InChI=1S/C13H22N2O2S/c1-11(2)12(3)18(16,17)9-8-14-10-13-6-4-5-7-15-13/h4-7,11-12,14H,8-10H2,1-3H3. The first-order valence-electron chi connectivity index (χ1n) is 6.25. The lowest BCUT2D eigenvalue weighted by molar-refractivity contribution is 0.542. The van der Waals surface area contributed by atoms with Crippen LogP contribution in [0.2, 0.25) is 0 Å². The van der Waals surface area contributed by atoms with Crippen molar-refractivity contribution in [3.63, 3.8) is 0 Å². The molecule has 1 heterocycles. The SMILES string of the molecule is CC(C)C(C)S(=O)(=O)CCNCc1ccccn1. The summed E-state index contributed by atoms with van der Waals surface area (Å²) in [6.45, 7) is 6.72. The predicted octanol–water partition coefficient (Wildman–Crippen LogP) is 1.63. The fraction of sp³-hybridized carbons (Fsp3) is 0.615. The Morgan fingerprint density at radius 2 is 2.00 bits per heavy atom. The lowest BCUT2D eigenvalue weighted by Gasteiger charge is -2.16. The number of nitrogens with one attached hydrogen (secondary N) is 1. The molecule has 1 N–H and O–H groups in total. The van der Waals surface area contributed by atoms with E-state index in [9.17, 15) is 8.42 Å². The Kier molecular flexibility index (Phi) is 5.75. The van der Waals surface area contributed by atoms with Crippen molar-refractivity contribution in [1.82, 2.24) is 10.3 Å². The van der Waals surface area contributed by atoms with E-state index in [1.54, 1.807) is 13.1 Å². The number of rotatable bonds is 7. The second kappa shape index (κ2) is 6.85. The van der Waals surface area contributed by atoms with E-state index in [1.807, 2.05) is 32.0 Å². The number of nitrogens with zero attached hydrogens (tertiary/aromatic N) is 1. The molecule has 0 amide bonds. The third-order valence-electron chi connectivity index (χ3n) is 3.10. The average Bonchev–Trinajstić information content (AvgIpc) is 2.35. The molecule has 0 aliphatic carbocycles. The van der Waals surface area contributed by atoms with Gasteiger partial charge in [-0.2, -0.15) is 0 Å². The van der Waals surface area contributed by atoms with Crippen LogP contribution in [-0.4, -0.2) is 30.9 Å². The van der Waals surface area contributed by atoms with Crippen molar-refractivity contribution in [3.8, 4) is 0 Å². The van der Waals surface area contributed by atoms with E-state index in [1.165, 1.54) is 0 Å². The van der Waals surface area contributed by atoms with E-state index >= 15 is 0 Å². The highest BCUT2D eigenvalue weighted by Crippen LogP contribution is 2.11. The summed E-state index contributed by atoms with van der Waals surface area (Å²) in [4.78, 5) is 4.16. The Labute approximate surface area is 110 Å². The van der Waals surface area contributed by atoms with Gasteiger partial charge in [0.25, 0.3) is 0 Å². The van der Waals surface area contributed by atoms with Crippen LogP contribution >= 0.6 is 0 Å². The van der Waals surface area contributed by atoms with Gasteiger partial charge in [-0.15, -0.1) is 0 Å². The van der Waals surface area contributed by atoms with Crippen LogP contribution in [-0.2, 0) is 16.4 Å². The molecule has 1 aromatic rings. The smallest absolute Gasteiger partial charge is 0.154 e. The minimum absolute atomic E-state index is 0.158. The van der Waals surface area contributed by atoms with Gasteiger partial charge in [-0.3, -0.25) is 4.98 Å². The van der Waals surface area contributed by atoms with Crippen LogP contribution in [0.1, 0.15) is 26.5 Å². The maximum absolute atomic E-state index is 11.9. The molecule has 1 rings (SSSR count). The molecule has 1 unspecified atom stereocenters. The van der Waals surface area contributed by atoms with Crippen molar-refractivity contribution in [2.24, 2.45) is 5.92 Å². The summed E-state index contributed by atoms with van der Waals surface area (Å²) >= 11 is 0. The molecule has 1 atom stereocenters. The zero-order valence-electron chi connectivity index (χ0n) is 11.3. The largest absolute Gasteiger partial charge is 0.310 e. The van der Waals surface area contributed by atoms with Gasteiger partial charge in [0, 0.05) is 19.3 Å². The first-order chi connectivity index (χ1) is 8.43. The average molecular weight is 270 g/mol. The number of hydrogen-bond donors (Lipinski definition) is 1. The minimum atomic E-state index is -3.00. The van der Waals surface area contributed by atoms with Gasteiger partial charge in [0.2, 0.25) is 0 Å². The van der Waals surface area contributed by atoms with E-state index in [0.717, 1.165) is 5.69 Å². The summed E-state index contributed by atoms with van der Waals surface area (Å²) in [6.07, 6.45) is 1.73.